The molecule has 29 heavy (non-hydrogen) atoms. The van der Waals surface area contributed by atoms with Crippen LogP contribution in [0.15, 0.2) is 12.1 Å². The molecule has 0 saturated carbocycles. The fourth-order valence-electron chi connectivity index (χ4n) is 3.47. The van der Waals surface area contributed by atoms with E-state index in [-0.39, 0.29) is 22.9 Å². The number of rotatable bonds is 9. The maximum atomic E-state index is 12.5. The van der Waals surface area contributed by atoms with Crippen LogP contribution in [0.1, 0.15) is 39.2 Å². The number of nitrogens with one attached hydrogen (secondary N) is 1. The van der Waals surface area contributed by atoms with Gasteiger partial charge < -0.3 is 24.0 Å². The number of methoxy groups -OCH3 is 3. The fourth-order valence-corrected chi connectivity index (χ4v) is 4.54. The molecule has 1 saturated heterocycles. The van der Waals surface area contributed by atoms with Gasteiger partial charge in [0, 0.05) is 24.1 Å². The van der Waals surface area contributed by atoms with Crippen molar-refractivity contribution in [3.05, 3.63) is 17.7 Å². The van der Waals surface area contributed by atoms with Gasteiger partial charge in [0.1, 0.15) is 0 Å². The Bertz CT molecular complexity index is 714. The zero-order valence-electron chi connectivity index (χ0n) is 19.2. The second-order valence-corrected chi connectivity index (χ2v) is 14.0. The largest absolute Gasteiger partial charge is 0.493 e. The average Bonchev–Trinajstić information content (AvgIpc) is 2.99. The molecule has 1 fully saturated rings. The van der Waals surface area contributed by atoms with Gasteiger partial charge in [-0.3, -0.25) is 4.79 Å². The highest BCUT2D eigenvalue weighted by Gasteiger charge is 2.38. The first-order valence-electron chi connectivity index (χ1n) is 10.3. The van der Waals surface area contributed by atoms with E-state index in [4.69, 9.17) is 18.6 Å². The zero-order chi connectivity index (χ0) is 21.8. The first kappa shape index (κ1) is 23.5. The number of carbonyl (C=O) groups excluding carboxylic acids is 1. The Morgan fingerprint density at radius 1 is 1.07 bits per heavy atom. The van der Waals surface area contributed by atoms with E-state index in [9.17, 15) is 4.79 Å². The average molecular weight is 424 g/mol. The molecule has 0 aliphatic carbocycles. The summed E-state index contributed by atoms with van der Waals surface area (Å²) in [5, 5.41) is 3.31. The summed E-state index contributed by atoms with van der Waals surface area (Å²) in [6, 6.07) is 3.92. The van der Waals surface area contributed by atoms with Gasteiger partial charge in [0.05, 0.1) is 21.3 Å². The minimum Gasteiger partial charge on any atom is -0.493 e. The number of hydrogen-bond donors (Lipinski definition) is 1. The molecule has 1 aliphatic heterocycles. The van der Waals surface area contributed by atoms with Crippen molar-refractivity contribution in [1.29, 1.82) is 0 Å². The highest BCUT2D eigenvalue weighted by Crippen LogP contribution is 2.41. The van der Waals surface area contributed by atoms with Crippen molar-refractivity contribution in [2.75, 3.05) is 27.9 Å². The molecular formula is C22H37NO5Si. The van der Waals surface area contributed by atoms with Crippen LogP contribution in [-0.4, -0.2) is 48.2 Å². The summed E-state index contributed by atoms with van der Waals surface area (Å²) in [6.07, 6.45) is 2.25. The third-order valence-corrected chi connectivity index (χ3v) is 10.8. The van der Waals surface area contributed by atoms with Gasteiger partial charge in [-0.2, -0.15) is 0 Å². The van der Waals surface area contributed by atoms with Crippen molar-refractivity contribution >= 4 is 14.2 Å². The monoisotopic (exact) mass is 423 g/mol. The van der Waals surface area contributed by atoms with Gasteiger partial charge >= 0.3 is 0 Å². The first-order chi connectivity index (χ1) is 13.5. The van der Waals surface area contributed by atoms with E-state index >= 15 is 0 Å². The molecule has 1 amide bonds. The summed E-state index contributed by atoms with van der Waals surface area (Å²) in [6.45, 7) is 11.8. The number of carbonyl (C=O) groups is 1. The molecule has 0 aromatic heterocycles. The summed E-state index contributed by atoms with van der Waals surface area (Å²) in [4.78, 5) is 12.5. The molecule has 0 spiro atoms. The molecule has 7 heteroatoms. The van der Waals surface area contributed by atoms with Crippen LogP contribution < -0.4 is 19.5 Å². The van der Waals surface area contributed by atoms with E-state index in [0.717, 1.165) is 18.4 Å². The molecule has 0 radical (unpaired) electrons. The SMILES string of the molecule is COc1ccc(CC2CC(CCO[Si](C)(C)C(C)(C)C)C(=O)N2)c(OC)c1OC. The van der Waals surface area contributed by atoms with E-state index in [1.165, 1.54) is 0 Å². The van der Waals surface area contributed by atoms with Crippen molar-refractivity contribution in [2.45, 2.75) is 64.2 Å². The molecule has 2 atom stereocenters. The van der Waals surface area contributed by atoms with Crippen LogP contribution in [0.2, 0.25) is 18.1 Å². The second-order valence-electron chi connectivity index (χ2n) is 9.23. The lowest BCUT2D eigenvalue weighted by Gasteiger charge is -2.36. The summed E-state index contributed by atoms with van der Waals surface area (Å²) >= 11 is 0. The molecule has 2 unspecified atom stereocenters. The first-order valence-corrected chi connectivity index (χ1v) is 13.2. The Labute approximate surface area is 176 Å². The lowest BCUT2D eigenvalue weighted by molar-refractivity contribution is -0.122. The van der Waals surface area contributed by atoms with Crippen LogP contribution in [0.25, 0.3) is 0 Å². The van der Waals surface area contributed by atoms with E-state index in [1.54, 1.807) is 21.3 Å². The molecule has 2 rings (SSSR count). The van der Waals surface area contributed by atoms with Crippen molar-refractivity contribution in [2.24, 2.45) is 5.92 Å². The highest BCUT2D eigenvalue weighted by atomic mass is 28.4. The fraction of sp³-hybridized carbons (Fsp3) is 0.682. The Morgan fingerprint density at radius 2 is 1.72 bits per heavy atom. The van der Waals surface area contributed by atoms with E-state index in [1.807, 2.05) is 12.1 Å². The van der Waals surface area contributed by atoms with E-state index in [0.29, 0.717) is 30.3 Å². The molecule has 1 N–H and O–H groups in total. The Hall–Kier alpha value is -1.73. The number of benzene rings is 1. The van der Waals surface area contributed by atoms with Crippen LogP contribution in [-0.2, 0) is 15.6 Å². The minimum absolute atomic E-state index is 0.00379. The van der Waals surface area contributed by atoms with Gasteiger partial charge in [-0.1, -0.05) is 26.8 Å². The number of hydrogen-bond acceptors (Lipinski definition) is 5. The molecule has 1 aromatic carbocycles. The third kappa shape index (κ3) is 5.45. The molecule has 6 nitrogen and oxygen atoms in total. The lowest BCUT2D eigenvalue weighted by Crippen LogP contribution is -2.41. The molecule has 1 aliphatic rings. The normalized spacial score (nSPS) is 19.8. The standard InChI is InChI=1S/C22H37NO5Si/c1-22(2,3)29(7,8)28-12-11-16-14-17(23-21(16)24)13-15-9-10-18(25-4)20(27-6)19(15)26-5/h9-10,16-17H,11-14H2,1-8H3,(H,23,24). The molecule has 1 aromatic rings. The maximum absolute atomic E-state index is 12.5. The minimum atomic E-state index is -1.78. The zero-order valence-corrected chi connectivity index (χ0v) is 20.2. The van der Waals surface area contributed by atoms with Crippen molar-refractivity contribution in [1.82, 2.24) is 5.32 Å². The van der Waals surface area contributed by atoms with Gasteiger partial charge in [0.25, 0.3) is 0 Å². The van der Waals surface area contributed by atoms with Gasteiger partial charge in [-0.15, -0.1) is 0 Å². The van der Waals surface area contributed by atoms with Crippen LogP contribution in [0.4, 0.5) is 0 Å². The van der Waals surface area contributed by atoms with Crippen LogP contribution in [0, 0.1) is 5.92 Å². The summed E-state index contributed by atoms with van der Waals surface area (Å²) in [5.41, 5.74) is 0.994. The van der Waals surface area contributed by atoms with E-state index in [2.05, 4.69) is 39.2 Å². The highest BCUT2D eigenvalue weighted by molar-refractivity contribution is 6.74. The van der Waals surface area contributed by atoms with Crippen molar-refractivity contribution in [3.63, 3.8) is 0 Å². The Morgan fingerprint density at radius 3 is 2.28 bits per heavy atom. The third-order valence-electron chi connectivity index (χ3n) is 6.27. The number of amides is 1. The smallest absolute Gasteiger partial charge is 0.223 e. The Kier molecular flexibility index (Phi) is 7.62. The summed E-state index contributed by atoms with van der Waals surface area (Å²) in [7, 11) is 3.04. The second kappa shape index (κ2) is 9.39. The topological polar surface area (TPSA) is 66.0 Å². The predicted molar refractivity (Wildman–Crippen MR) is 118 cm³/mol. The molecular weight excluding hydrogens is 386 g/mol. The summed E-state index contributed by atoms with van der Waals surface area (Å²) < 4.78 is 22.6. The lowest BCUT2D eigenvalue weighted by atomic mass is 9.97. The molecule has 164 valence electrons. The van der Waals surface area contributed by atoms with Crippen LogP contribution >= 0.6 is 0 Å². The molecule has 1 heterocycles. The van der Waals surface area contributed by atoms with Gasteiger partial charge in [0.15, 0.2) is 19.8 Å². The maximum Gasteiger partial charge on any atom is 0.223 e. The van der Waals surface area contributed by atoms with E-state index < -0.39 is 8.32 Å². The Balaban J connectivity index is 1.99. The quantitative estimate of drug-likeness (QED) is 0.604. The van der Waals surface area contributed by atoms with Crippen LogP contribution in [0.3, 0.4) is 0 Å². The van der Waals surface area contributed by atoms with Gasteiger partial charge in [-0.25, -0.2) is 0 Å². The van der Waals surface area contributed by atoms with Crippen molar-refractivity contribution in [3.8, 4) is 17.2 Å². The predicted octanol–water partition coefficient (Wildman–Crippen LogP) is 4.17. The number of ether oxygens (including phenoxy) is 3. The summed E-state index contributed by atoms with van der Waals surface area (Å²) in [5.74, 6) is 1.98. The van der Waals surface area contributed by atoms with Crippen LogP contribution in [0.5, 0.6) is 17.2 Å². The molecule has 0 bridgehead atoms. The van der Waals surface area contributed by atoms with Gasteiger partial charge in [-0.05, 0) is 43.5 Å². The van der Waals surface area contributed by atoms with Crippen molar-refractivity contribution < 1.29 is 23.4 Å². The van der Waals surface area contributed by atoms with Gasteiger partial charge in [0.2, 0.25) is 11.7 Å².